The average molecular weight is 413 g/mol. The van der Waals surface area contributed by atoms with Gasteiger partial charge in [0.15, 0.2) is 0 Å². The maximum atomic E-state index is 12.7. The average Bonchev–Trinajstić information content (AvgIpc) is 2.55. The number of benzene rings is 1. The summed E-state index contributed by atoms with van der Waals surface area (Å²) in [6, 6.07) is 5.47. The smallest absolute Gasteiger partial charge is 0.417 e. The van der Waals surface area contributed by atoms with Gasteiger partial charge in [-0.05, 0) is 23.8 Å². The van der Waals surface area contributed by atoms with Crippen LogP contribution < -0.4 is 0 Å². The molecule has 0 fully saturated rings. The van der Waals surface area contributed by atoms with Gasteiger partial charge in [0.25, 0.3) is 0 Å². The van der Waals surface area contributed by atoms with Crippen LogP contribution in [0.4, 0.5) is 13.2 Å². The molecule has 25 heavy (non-hydrogen) atoms. The van der Waals surface area contributed by atoms with Crippen LogP contribution in [-0.2, 0) is 22.1 Å². The Kier molecular flexibility index (Phi) is 6.19. The van der Waals surface area contributed by atoms with E-state index < -0.39 is 23.1 Å². The second-order valence-corrected chi connectivity index (χ2v) is 6.39. The van der Waals surface area contributed by atoms with E-state index in [1.54, 1.807) is 12.1 Å². The van der Waals surface area contributed by atoms with Gasteiger partial charge < -0.3 is 4.74 Å². The van der Waals surface area contributed by atoms with E-state index in [4.69, 9.17) is 34.8 Å². The first kappa shape index (κ1) is 19.8. The molecular weight excluding hydrogens is 402 g/mol. The molecule has 3 nitrogen and oxygen atoms in total. The molecule has 2 rings (SSSR count). The van der Waals surface area contributed by atoms with Gasteiger partial charge in [-0.2, -0.15) is 13.2 Å². The summed E-state index contributed by atoms with van der Waals surface area (Å²) in [6.07, 6.45) is -3.75. The molecule has 134 valence electrons. The molecule has 1 heterocycles. The van der Waals surface area contributed by atoms with E-state index in [0.29, 0.717) is 22.3 Å². The van der Waals surface area contributed by atoms with E-state index >= 15 is 0 Å². The van der Waals surface area contributed by atoms with Gasteiger partial charge in [0.05, 0.1) is 23.4 Å². The minimum absolute atomic E-state index is 0.0825. The van der Waals surface area contributed by atoms with Gasteiger partial charge in [-0.15, -0.1) is 11.6 Å². The Balaban J connectivity index is 2.38. The zero-order valence-corrected chi connectivity index (χ0v) is 15.0. The van der Waals surface area contributed by atoms with E-state index in [1.165, 1.54) is 13.2 Å². The molecule has 0 saturated heterocycles. The summed E-state index contributed by atoms with van der Waals surface area (Å²) >= 11 is 18.0. The predicted octanol–water partition coefficient (Wildman–Crippen LogP) is 5.40. The van der Waals surface area contributed by atoms with E-state index in [2.05, 4.69) is 9.72 Å². The van der Waals surface area contributed by atoms with Crippen LogP contribution in [0.1, 0.15) is 11.1 Å². The second-order valence-electron chi connectivity index (χ2n) is 5.05. The molecule has 0 aliphatic rings. The van der Waals surface area contributed by atoms with E-state index in [0.717, 1.165) is 6.07 Å². The molecule has 0 radical (unpaired) electrons. The van der Waals surface area contributed by atoms with Crippen molar-refractivity contribution in [3.05, 3.63) is 51.6 Å². The molecule has 1 aromatic heterocycles. The van der Waals surface area contributed by atoms with Crippen LogP contribution in [-0.4, -0.2) is 23.4 Å². The third-order valence-corrected chi connectivity index (χ3v) is 4.33. The van der Waals surface area contributed by atoms with Gasteiger partial charge in [0.1, 0.15) is 5.38 Å². The van der Waals surface area contributed by atoms with Crippen LogP contribution in [0.5, 0.6) is 0 Å². The number of methoxy groups -OCH3 is 1. The van der Waals surface area contributed by atoms with Crippen molar-refractivity contribution < 1.29 is 22.7 Å². The first-order valence-corrected chi connectivity index (χ1v) is 8.06. The van der Waals surface area contributed by atoms with Crippen molar-refractivity contribution >= 4 is 40.8 Å². The summed E-state index contributed by atoms with van der Waals surface area (Å²) in [5.74, 6) is -0.617. The number of pyridine rings is 1. The zero-order valence-electron chi connectivity index (χ0n) is 12.7. The Morgan fingerprint density at radius 1 is 1.24 bits per heavy atom. The maximum absolute atomic E-state index is 12.7. The van der Waals surface area contributed by atoms with Crippen molar-refractivity contribution in [2.75, 3.05) is 7.11 Å². The largest absolute Gasteiger partial charge is 0.468 e. The Morgan fingerprint density at radius 3 is 2.48 bits per heavy atom. The van der Waals surface area contributed by atoms with Gasteiger partial charge >= 0.3 is 12.1 Å². The molecule has 1 aromatic carbocycles. The number of halogens is 6. The van der Waals surface area contributed by atoms with Gasteiger partial charge in [-0.3, -0.25) is 9.78 Å². The molecule has 0 spiro atoms. The highest BCUT2D eigenvalue weighted by atomic mass is 35.5. The summed E-state index contributed by atoms with van der Waals surface area (Å²) in [7, 11) is 1.21. The third kappa shape index (κ3) is 4.77. The topological polar surface area (TPSA) is 39.2 Å². The number of hydrogen-bond donors (Lipinski definition) is 0. The van der Waals surface area contributed by atoms with Crippen LogP contribution in [0.3, 0.4) is 0 Å². The molecule has 1 unspecified atom stereocenters. The molecule has 9 heteroatoms. The lowest BCUT2D eigenvalue weighted by Crippen LogP contribution is -2.18. The Hall–Kier alpha value is -1.50. The number of ether oxygens (including phenoxy) is 1. The number of carbonyl (C=O) groups is 1. The Bertz CT molecular complexity index is 797. The summed E-state index contributed by atoms with van der Waals surface area (Å²) in [4.78, 5) is 15.2. The monoisotopic (exact) mass is 411 g/mol. The molecule has 2 aromatic rings. The summed E-state index contributed by atoms with van der Waals surface area (Å²) < 4.78 is 42.6. The number of alkyl halides is 4. The third-order valence-electron chi connectivity index (χ3n) is 3.34. The highest BCUT2D eigenvalue weighted by Gasteiger charge is 2.31. The van der Waals surface area contributed by atoms with Gasteiger partial charge in [-0.25, -0.2) is 0 Å². The van der Waals surface area contributed by atoms with Crippen LogP contribution in [0.15, 0.2) is 30.5 Å². The first-order valence-electron chi connectivity index (χ1n) is 6.87. The molecule has 0 saturated carbocycles. The number of carbonyl (C=O) groups excluding carboxylic acids is 1. The summed E-state index contributed by atoms with van der Waals surface area (Å²) in [5.41, 5.74) is 0.188. The fraction of sp³-hybridized carbons (Fsp3) is 0.250. The van der Waals surface area contributed by atoms with E-state index in [9.17, 15) is 18.0 Å². The second kappa shape index (κ2) is 7.81. The van der Waals surface area contributed by atoms with E-state index in [1.807, 2.05) is 0 Å². The zero-order chi connectivity index (χ0) is 18.8. The maximum Gasteiger partial charge on any atom is 0.417 e. The van der Waals surface area contributed by atoms with Gasteiger partial charge in [0.2, 0.25) is 0 Å². The number of esters is 1. The van der Waals surface area contributed by atoms with Crippen LogP contribution in [0, 0.1) is 0 Å². The fourth-order valence-corrected chi connectivity index (χ4v) is 2.81. The normalized spacial score (nSPS) is 12.8. The van der Waals surface area contributed by atoms with Crippen molar-refractivity contribution in [3.63, 3.8) is 0 Å². The molecule has 0 aliphatic heterocycles. The van der Waals surface area contributed by atoms with Crippen molar-refractivity contribution in [2.45, 2.75) is 18.0 Å². The van der Waals surface area contributed by atoms with Crippen LogP contribution in [0.25, 0.3) is 11.3 Å². The molecule has 1 atom stereocenters. The molecular formula is C16H11Cl3F3NO2. The van der Waals surface area contributed by atoms with Crippen molar-refractivity contribution in [1.82, 2.24) is 4.98 Å². The Morgan fingerprint density at radius 2 is 1.92 bits per heavy atom. The minimum Gasteiger partial charge on any atom is -0.468 e. The number of rotatable bonds is 4. The SMILES string of the molecule is COC(=O)C(Cl)Cc1cc(-c2ncc(C(F)(F)F)cc2Cl)ccc1Cl. The minimum atomic E-state index is -4.54. The molecule has 0 amide bonds. The number of nitrogens with zero attached hydrogens (tertiary/aromatic N) is 1. The summed E-state index contributed by atoms with van der Waals surface area (Å²) in [6.45, 7) is 0. The highest BCUT2D eigenvalue weighted by Crippen LogP contribution is 2.35. The Labute approximate surface area is 156 Å². The summed E-state index contributed by atoms with van der Waals surface area (Å²) in [5, 5.41) is -0.756. The lowest BCUT2D eigenvalue weighted by Gasteiger charge is -2.12. The number of aromatic nitrogens is 1. The molecule has 0 bridgehead atoms. The van der Waals surface area contributed by atoms with Gasteiger partial charge in [0, 0.05) is 23.2 Å². The van der Waals surface area contributed by atoms with Gasteiger partial charge in [-0.1, -0.05) is 29.3 Å². The van der Waals surface area contributed by atoms with Crippen LogP contribution in [0.2, 0.25) is 10.0 Å². The van der Waals surface area contributed by atoms with E-state index in [-0.39, 0.29) is 17.1 Å². The lowest BCUT2D eigenvalue weighted by molar-refractivity contribution is -0.140. The molecule has 0 aliphatic carbocycles. The molecule has 0 N–H and O–H groups in total. The van der Waals surface area contributed by atoms with Crippen molar-refractivity contribution in [1.29, 1.82) is 0 Å². The van der Waals surface area contributed by atoms with Crippen molar-refractivity contribution in [2.24, 2.45) is 0 Å². The number of hydrogen-bond acceptors (Lipinski definition) is 3. The standard InChI is InChI=1S/C16H11Cl3F3NO2/c1-25-15(24)13(19)5-9-4-8(2-3-11(9)17)14-12(18)6-10(7-23-14)16(20,21)22/h2-4,6-7,13H,5H2,1H3. The van der Waals surface area contributed by atoms with Crippen molar-refractivity contribution in [3.8, 4) is 11.3 Å². The first-order chi connectivity index (χ1) is 11.6. The quantitative estimate of drug-likeness (QED) is 0.499. The highest BCUT2D eigenvalue weighted by molar-refractivity contribution is 6.33. The fourth-order valence-electron chi connectivity index (χ4n) is 2.09. The predicted molar refractivity (Wildman–Crippen MR) is 90.1 cm³/mol. The lowest BCUT2D eigenvalue weighted by atomic mass is 10.0. The van der Waals surface area contributed by atoms with Crippen LogP contribution >= 0.6 is 34.8 Å².